The third-order valence-corrected chi connectivity index (χ3v) is 9.93. The largest absolute Gasteiger partial charge is 0.508 e. The monoisotopic (exact) mass is 836 g/mol. The predicted molar refractivity (Wildman–Crippen MR) is 222 cm³/mol. The van der Waals surface area contributed by atoms with Gasteiger partial charge in [-0.05, 0) is 105 Å². The number of alkyl carbamates (subject to hydrolysis) is 2. The van der Waals surface area contributed by atoms with Crippen LogP contribution < -0.4 is 21.7 Å². The van der Waals surface area contributed by atoms with Crippen LogP contribution >= 0.6 is 0 Å². The fraction of sp³-hybridized carbons (Fsp3) is 0.477. The molecule has 16 heteroatoms. The standard InChI is InChI=1S/C44H60N4O12/c1-29(2)27-43(4,28-44(5,30(3)45)40(54)58-23-24-59-41(55)47-21-19-32-8-14-35(50)15-9-32)39(53)57-22-25-60-42(56)48-37(26-33-10-16-36(51)17-11-33)38(52)46-20-18-31-6-12-34(49)13-7-31/h6-17,29-30,37,49-51H,18-28,45H2,1-5H3,(H,46,52)(H,47,55)(H,48,56). The van der Waals surface area contributed by atoms with Gasteiger partial charge in [0.05, 0.1) is 10.8 Å². The van der Waals surface area contributed by atoms with Crippen LogP contribution in [0.1, 0.15) is 64.2 Å². The number of esters is 2. The van der Waals surface area contributed by atoms with Crippen LogP contribution in [0.3, 0.4) is 0 Å². The van der Waals surface area contributed by atoms with Crippen molar-refractivity contribution in [2.24, 2.45) is 22.5 Å². The van der Waals surface area contributed by atoms with Crippen LogP contribution in [0, 0.1) is 16.7 Å². The van der Waals surface area contributed by atoms with E-state index in [1.807, 2.05) is 13.8 Å². The molecule has 4 unspecified atom stereocenters. The fourth-order valence-electron chi connectivity index (χ4n) is 6.63. The number of phenols is 3. The van der Waals surface area contributed by atoms with E-state index >= 15 is 0 Å². The minimum Gasteiger partial charge on any atom is -0.508 e. The van der Waals surface area contributed by atoms with Crippen molar-refractivity contribution >= 4 is 30.0 Å². The summed E-state index contributed by atoms with van der Waals surface area (Å²) in [7, 11) is 0. The number of rotatable bonds is 23. The summed E-state index contributed by atoms with van der Waals surface area (Å²) < 4.78 is 21.5. The van der Waals surface area contributed by atoms with Crippen molar-refractivity contribution in [3.05, 3.63) is 89.5 Å². The Hall–Kier alpha value is -6.03. The zero-order valence-corrected chi connectivity index (χ0v) is 35.0. The first kappa shape index (κ1) is 48.3. The zero-order chi connectivity index (χ0) is 44.3. The lowest BCUT2D eigenvalue weighted by Crippen LogP contribution is -2.50. The van der Waals surface area contributed by atoms with Crippen LogP contribution in [0.15, 0.2) is 72.8 Å². The molecular formula is C44H60N4O12. The molecule has 0 aliphatic heterocycles. The predicted octanol–water partition coefficient (Wildman–Crippen LogP) is 4.65. The van der Waals surface area contributed by atoms with Crippen LogP contribution in [0.4, 0.5) is 9.59 Å². The van der Waals surface area contributed by atoms with E-state index in [0.717, 1.165) is 11.1 Å². The van der Waals surface area contributed by atoms with Crippen molar-refractivity contribution in [1.82, 2.24) is 16.0 Å². The average Bonchev–Trinajstić information content (AvgIpc) is 3.19. The Morgan fingerprint density at radius 1 is 0.617 bits per heavy atom. The molecule has 0 aliphatic rings. The highest BCUT2D eigenvalue weighted by molar-refractivity contribution is 5.86. The molecule has 60 heavy (non-hydrogen) atoms. The lowest BCUT2D eigenvalue weighted by Gasteiger charge is -2.39. The summed E-state index contributed by atoms with van der Waals surface area (Å²) in [6, 6.07) is 17.6. The van der Waals surface area contributed by atoms with Crippen LogP contribution in [0.25, 0.3) is 0 Å². The smallest absolute Gasteiger partial charge is 0.407 e. The topological polar surface area (TPSA) is 245 Å². The zero-order valence-electron chi connectivity index (χ0n) is 35.0. The number of nitrogens with one attached hydrogen (secondary N) is 3. The van der Waals surface area contributed by atoms with Gasteiger partial charge >= 0.3 is 24.1 Å². The number of hydrogen-bond donors (Lipinski definition) is 7. The Bertz CT molecular complexity index is 1840. The van der Waals surface area contributed by atoms with E-state index in [4.69, 9.17) is 24.7 Å². The normalized spacial score (nSPS) is 14.1. The molecule has 0 radical (unpaired) electrons. The van der Waals surface area contributed by atoms with E-state index in [2.05, 4.69) is 16.0 Å². The first-order chi connectivity index (χ1) is 28.4. The van der Waals surface area contributed by atoms with Gasteiger partial charge < -0.3 is 56.0 Å². The Labute approximate surface area is 351 Å². The summed E-state index contributed by atoms with van der Waals surface area (Å²) in [5, 5.41) is 36.6. The maximum Gasteiger partial charge on any atom is 0.407 e. The summed E-state index contributed by atoms with van der Waals surface area (Å²) in [6.45, 7) is 8.22. The summed E-state index contributed by atoms with van der Waals surface area (Å²) in [5.74, 6) is -1.45. The van der Waals surface area contributed by atoms with Gasteiger partial charge in [0.2, 0.25) is 5.91 Å². The van der Waals surface area contributed by atoms with Gasteiger partial charge in [-0.25, -0.2) is 9.59 Å². The van der Waals surface area contributed by atoms with E-state index in [0.29, 0.717) is 31.4 Å². The third kappa shape index (κ3) is 16.3. The molecule has 0 spiro atoms. The van der Waals surface area contributed by atoms with Crippen molar-refractivity contribution in [2.45, 2.75) is 78.8 Å². The lowest BCUT2D eigenvalue weighted by molar-refractivity contribution is -0.166. The van der Waals surface area contributed by atoms with Gasteiger partial charge in [0, 0.05) is 25.6 Å². The second-order valence-electron chi connectivity index (χ2n) is 15.7. The average molecular weight is 837 g/mol. The molecule has 3 aromatic rings. The van der Waals surface area contributed by atoms with Crippen LogP contribution in [-0.4, -0.2) is 97.0 Å². The summed E-state index contributed by atoms with van der Waals surface area (Å²) >= 11 is 0. The van der Waals surface area contributed by atoms with Crippen LogP contribution in [-0.2, 0) is 52.6 Å². The minimum atomic E-state index is -1.34. The number of amides is 3. The molecule has 0 heterocycles. The molecule has 3 rings (SSSR count). The van der Waals surface area contributed by atoms with Crippen molar-refractivity contribution in [2.75, 3.05) is 39.5 Å². The van der Waals surface area contributed by atoms with Gasteiger partial charge in [-0.3, -0.25) is 14.4 Å². The van der Waals surface area contributed by atoms with Gasteiger partial charge in [-0.15, -0.1) is 0 Å². The Kier molecular flexibility index (Phi) is 19.0. The Morgan fingerprint density at radius 3 is 1.53 bits per heavy atom. The number of carbonyl (C=O) groups excluding carboxylic acids is 5. The van der Waals surface area contributed by atoms with E-state index in [-0.39, 0.29) is 69.0 Å². The Morgan fingerprint density at radius 2 is 1.05 bits per heavy atom. The second kappa shape index (κ2) is 23.5. The highest BCUT2D eigenvalue weighted by Crippen LogP contribution is 2.42. The summed E-state index contributed by atoms with van der Waals surface area (Å²) in [5.41, 5.74) is 6.25. The molecule has 0 saturated carbocycles. The quantitative estimate of drug-likeness (QED) is 0.0391. The number of hydrogen-bond acceptors (Lipinski definition) is 13. The van der Waals surface area contributed by atoms with Crippen molar-refractivity contribution in [3.8, 4) is 17.2 Å². The maximum absolute atomic E-state index is 13.7. The summed E-state index contributed by atoms with van der Waals surface area (Å²) in [4.78, 5) is 65.4. The van der Waals surface area contributed by atoms with E-state index in [9.17, 15) is 39.3 Å². The van der Waals surface area contributed by atoms with Gasteiger partial charge in [-0.2, -0.15) is 0 Å². The molecule has 16 nitrogen and oxygen atoms in total. The SMILES string of the molecule is CC(C)CC(C)(CC(C)(C(=O)OCCOC(=O)NCCc1ccc(O)cc1)C(C)N)C(=O)OCCOC(=O)NC(Cc1ccc(O)cc1)C(=O)NCCc1ccc(O)cc1. The van der Waals surface area contributed by atoms with E-state index in [1.54, 1.807) is 81.4 Å². The number of aromatic hydroxyl groups is 3. The lowest BCUT2D eigenvalue weighted by atomic mass is 9.66. The first-order valence-electron chi connectivity index (χ1n) is 20.0. The number of nitrogens with two attached hydrogens (primary N) is 1. The summed E-state index contributed by atoms with van der Waals surface area (Å²) in [6.07, 6.45) is -0.220. The minimum absolute atomic E-state index is 0.0108. The molecule has 0 fully saturated rings. The van der Waals surface area contributed by atoms with Gasteiger partial charge in [-0.1, -0.05) is 50.2 Å². The maximum atomic E-state index is 13.7. The molecule has 0 bridgehead atoms. The molecule has 0 saturated heterocycles. The highest BCUT2D eigenvalue weighted by Gasteiger charge is 2.48. The molecular weight excluding hydrogens is 776 g/mol. The highest BCUT2D eigenvalue weighted by atomic mass is 16.6. The Balaban J connectivity index is 1.51. The van der Waals surface area contributed by atoms with Crippen molar-refractivity contribution < 1.29 is 58.2 Å². The molecule has 8 N–H and O–H groups in total. The van der Waals surface area contributed by atoms with Gasteiger partial charge in [0.25, 0.3) is 0 Å². The molecule has 0 aliphatic carbocycles. The van der Waals surface area contributed by atoms with E-state index < -0.39 is 52.9 Å². The van der Waals surface area contributed by atoms with Crippen molar-refractivity contribution in [3.63, 3.8) is 0 Å². The first-order valence-corrected chi connectivity index (χ1v) is 20.0. The number of ether oxygens (including phenoxy) is 4. The third-order valence-electron chi connectivity index (χ3n) is 9.93. The number of phenolic OH excluding ortho intramolecular Hbond substituents is 3. The molecule has 4 atom stereocenters. The number of carbonyl (C=O) groups is 5. The molecule has 3 amide bonds. The molecule has 328 valence electrons. The molecule has 3 aromatic carbocycles. The van der Waals surface area contributed by atoms with Crippen LogP contribution in [0.2, 0.25) is 0 Å². The van der Waals surface area contributed by atoms with Gasteiger partial charge in [0.1, 0.15) is 49.7 Å². The second-order valence-corrected chi connectivity index (χ2v) is 15.7. The van der Waals surface area contributed by atoms with Crippen LogP contribution in [0.5, 0.6) is 17.2 Å². The van der Waals surface area contributed by atoms with Crippen molar-refractivity contribution in [1.29, 1.82) is 0 Å². The fourth-order valence-corrected chi connectivity index (χ4v) is 6.63. The van der Waals surface area contributed by atoms with E-state index in [1.165, 1.54) is 12.1 Å². The van der Waals surface area contributed by atoms with Gasteiger partial charge in [0.15, 0.2) is 0 Å². The molecule has 0 aromatic heterocycles. The number of benzene rings is 3.